The van der Waals surface area contributed by atoms with Crippen LogP contribution >= 0.6 is 0 Å². The number of rotatable bonds is 1. The second-order valence-electron chi connectivity index (χ2n) is 10.6. The maximum absolute atomic E-state index is 12.9. The van der Waals surface area contributed by atoms with Crippen molar-refractivity contribution < 1.29 is 20.1 Å². The van der Waals surface area contributed by atoms with Crippen molar-refractivity contribution in [2.75, 3.05) is 0 Å². The predicted molar refractivity (Wildman–Crippen MR) is 99.3 cm³/mol. The van der Waals surface area contributed by atoms with Crippen LogP contribution < -0.4 is 0 Å². The summed E-state index contributed by atoms with van der Waals surface area (Å²) in [6, 6.07) is 0. The minimum Gasteiger partial charge on any atom is -0.390 e. The lowest BCUT2D eigenvalue weighted by atomic mass is 9.40. The summed E-state index contributed by atoms with van der Waals surface area (Å²) in [5, 5.41) is 31.3. The highest BCUT2D eigenvalue weighted by atomic mass is 16.4. The number of ketones is 1. The summed E-state index contributed by atoms with van der Waals surface area (Å²) < 4.78 is 0. The van der Waals surface area contributed by atoms with Gasteiger partial charge in [0.15, 0.2) is 0 Å². The fourth-order valence-corrected chi connectivity index (χ4v) is 8.41. The minimum absolute atomic E-state index is 0.0215. The third-order valence-corrected chi connectivity index (χ3v) is 9.98. The van der Waals surface area contributed by atoms with E-state index < -0.39 is 18.3 Å². The van der Waals surface area contributed by atoms with Crippen LogP contribution in [0, 0.1) is 39.9 Å². The van der Waals surface area contributed by atoms with Crippen molar-refractivity contribution in [3.05, 3.63) is 0 Å². The summed E-state index contributed by atoms with van der Waals surface area (Å²) in [5.41, 5.74) is -0.0547. The van der Waals surface area contributed by atoms with E-state index in [9.17, 15) is 20.1 Å². The minimum atomic E-state index is -1.02. The van der Waals surface area contributed by atoms with Gasteiger partial charge in [0, 0.05) is 12.3 Å². The Kier molecular flexibility index (Phi) is 4.20. The Morgan fingerprint density at radius 1 is 0.923 bits per heavy atom. The molecule has 0 saturated heterocycles. The molecule has 0 bridgehead atoms. The Morgan fingerprint density at radius 2 is 1.58 bits per heavy atom. The Balaban J connectivity index is 1.72. The van der Waals surface area contributed by atoms with Gasteiger partial charge in [-0.05, 0) is 72.5 Å². The van der Waals surface area contributed by atoms with E-state index in [-0.39, 0.29) is 28.1 Å². The quantitative estimate of drug-likeness (QED) is 0.668. The predicted octanol–water partition coefficient (Wildman–Crippen LogP) is 2.93. The fourth-order valence-electron chi connectivity index (χ4n) is 8.41. The molecule has 4 aliphatic rings. The van der Waals surface area contributed by atoms with Gasteiger partial charge >= 0.3 is 0 Å². The molecule has 0 unspecified atom stereocenters. The molecule has 0 heterocycles. The Hall–Kier alpha value is -0.450. The smallest absolute Gasteiger partial charge is 0.137 e. The molecular weight excluding hydrogens is 328 g/mol. The lowest BCUT2D eigenvalue weighted by molar-refractivity contribution is -0.220. The van der Waals surface area contributed by atoms with Crippen LogP contribution in [0.1, 0.15) is 72.6 Å². The molecule has 4 heteroatoms. The fraction of sp³-hybridized carbons (Fsp3) is 0.955. The van der Waals surface area contributed by atoms with Gasteiger partial charge in [-0.3, -0.25) is 4.79 Å². The first-order chi connectivity index (χ1) is 12.1. The number of carbonyl (C=O) groups excluding carboxylic acids is 1. The van der Waals surface area contributed by atoms with Crippen LogP contribution in [0.5, 0.6) is 0 Å². The molecule has 26 heavy (non-hydrogen) atoms. The van der Waals surface area contributed by atoms with E-state index in [1.165, 1.54) is 0 Å². The second-order valence-corrected chi connectivity index (χ2v) is 10.6. The van der Waals surface area contributed by atoms with Gasteiger partial charge in [-0.1, -0.05) is 27.7 Å². The zero-order chi connectivity index (χ0) is 19.1. The van der Waals surface area contributed by atoms with E-state index in [0.717, 1.165) is 32.1 Å². The Bertz CT molecular complexity index is 605. The summed E-state index contributed by atoms with van der Waals surface area (Å²) in [6.45, 7) is 9.09. The largest absolute Gasteiger partial charge is 0.390 e. The second kappa shape index (κ2) is 5.78. The highest BCUT2D eigenvalue weighted by Crippen LogP contribution is 2.72. The van der Waals surface area contributed by atoms with Crippen molar-refractivity contribution >= 4 is 5.78 Å². The summed E-state index contributed by atoms with van der Waals surface area (Å²) >= 11 is 0. The number of fused-ring (bicyclic) bond motifs is 5. The van der Waals surface area contributed by atoms with Gasteiger partial charge < -0.3 is 15.3 Å². The molecule has 4 saturated carbocycles. The van der Waals surface area contributed by atoms with Crippen LogP contribution in [0.2, 0.25) is 0 Å². The van der Waals surface area contributed by atoms with E-state index in [0.29, 0.717) is 30.5 Å². The summed E-state index contributed by atoms with van der Waals surface area (Å²) in [6.07, 6.45) is 3.54. The van der Waals surface area contributed by atoms with Gasteiger partial charge in [0.1, 0.15) is 11.9 Å². The summed E-state index contributed by atoms with van der Waals surface area (Å²) in [4.78, 5) is 12.9. The van der Waals surface area contributed by atoms with Crippen molar-refractivity contribution in [3.63, 3.8) is 0 Å². The highest BCUT2D eigenvalue weighted by molar-refractivity contribution is 5.85. The van der Waals surface area contributed by atoms with Crippen LogP contribution in [-0.4, -0.2) is 39.4 Å². The van der Waals surface area contributed by atoms with Crippen molar-refractivity contribution in [1.29, 1.82) is 0 Å². The van der Waals surface area contributed by atoms with Crippen molar-refractivity contribution in [2.24, 2.45) is 39.9 Å². The average Bonchev–Trinajstić information content (AvgIpc) is 2.77. The lowest BCUT2D eigenvalue weighted by Crippen LogP contribution is -2.63. The molecule has 10 atom stereocenters. The Morgan fingerprint density at radius 3 is 2.23 bits per heavy atom. The molecule has 4 rings (SSSR count). The number of hydrogen-bond donors (Lipinski definition) is 3. The standard InChI is InChI=1S/C22H36O4/c1-5-12-16(23)11-22(4)14-6-7-15-18(25)19(26)17(24)10-20(15,2)13(14)8-9-21(12,22)3/h12-15,17-19,24-26H,5-11H2,1-4H3/t12-,13-,14+,15+,17+,18+,19+,20+,21+,22-/m0/s1. The molecule has 0 spiro atoms. The third kappa shape index (κ3) is 2.10. The van der Waals surface area contributed by atoms with Crippen LogP contribution in [0.4, 0.5) is 0 Å². The molecule has 0 aromatic carbocycles. The summed E-state index contributed by atoms with van der Waals surface area (Å²) in [5.74, 6) is 1.57. The maximum Gasteiger partial charge on any atom is 0.137 e. The van der Waals surface area contributed by atoms with Gasteiger partial charge in [-0.2, -0.15) is 0 Å². The number of carbonyl (C=O) groups is 1. The van der Waals surface area contributed by atoms with Crippen LogP contribution in [0.3, 0.4) is 0 Å². The highest BCUT2D eigenvalue weighted by Gasteiger charge is 2.68. The normalized spacial score (nSPS) is 59.5. The molecule has 0 aromatic rings. The van der Waals surface area contributed by atoms with Crippen molar-refractivity contribution in [1.82, 2.24) is 0 Å². The van der Waals surface area contributed by atoms with E-state index in [1.54, 1.807) is 0 Å². The molecule has 0 aromatic heterocycles. The monoisotopic (exact) mass is 364 g/mol. The van der Waals surface area contributed by atoms with Gasteiger partial charge in [0.25, 0.3) is 0 Å². The number of aliphatic hydroxyl groups is 3. The zero-order valence-corrected chi connectivity index (χ0v) is 16.7. The topological polar surface area (TPSA) is 77.8 Å². The van der Waals surface area contributed by atoms with Crippen molar-refractivity contribution in [3.8, 4) is 0 Å². The van der Waals surface area contributed by atoms with E-state index in [2.05, 4.69) is 27.7 Å². The van der Waals surface area contributed by atoms with Gasteiger partial charge in [-0.25, -0.2) is 0 Å². The van der Waals surface area contributed by atoms with E-state index >= 15 is 0 Å². The molecule has 0 amide bonds. The Labute approximate surface area is 157 Å². The van der Waals surface area contributed by atoms with Crippen LogP contribution in [-0.2, 0) is 4.79 Å². The molecule has 0 aliphatic heterocycles. The third-order valence-electron chi connectivity index (χ3n) is 9.98. The molecule has 4 aliphatic carbocycles. The molecule has 3 N–H and O–H groups in total. The van der Waals surface area contributed by atoms with E-state index in [1.807, 2.05) is 0 Å². The molecule has 0 radical (unpaired) electrons. The SMILES string of the molecule is CC[C@H]1C(=O)C[C@@]2(C)[C@@H]3CC[C@@H]4[C@@H](O)[C@H](O)[C@H](O)C[C@]4(C)[C@H]3CC[C@]12C. The molecular formula is C22H36O4. The first-order valence-corrected chi connectivity index (χ1v) is 10.7. The number of aliphatic hydroxyl groups excluding tert-OH is 3. The number of Topliss-reactive ketones (excluding diaryl/α,β-unsaturated/α-hetero) is 1. The van der Waals surface area contributed by atoms with Gasteiger partial charge in [-0.15, -0.1) is 0 Å². The number of hydrogen-bond acceptors (Lipinski definition) is 4. The average molecular weight is 365 g/mol. The first kappa shape index (κ1) is 18.9. The van der Waals surface area contributed by atoms with Crippen LogP contribution in [0.15, 0.2) is 0 Å². The molecule has 148 valence electrons. The van der Waals surface area contributed by atoms with E-state index in [4.69, 9.17) is 0 Å². The van der Waals surface area contributed by atoms with Gasteiger partial charge in [0.05, 0.1) is 12.2 Å². The van der Waals surface area contributed by atoms with Gasteiger partial charge in [0.2, 0.25) is 0 Å². The van der Waals surface area contributed by atoms with Crippen molar-refractivity contribution in [2.45, 2.75) is 91.0 Å². The maximum atomic E-state index is 12.9. The first-order valence-electron chi connectivity index (χ1n) is 10.7. The zero-order valence-electron chi connectivity index (χ0n) is 16.7. The molecule has 4 fully saturated rings. The van der Waals surface area contributed by atoms with Crippen LogP contribution in [0.25, 0.3) is 0 Å². The lowest BCUT2D eigenvalue weighted by Gasteiger charge is -2.65. The molecule has 4 nitrogen and oxygen atoms in total. The summed E-state index contributed by atoms with van der Waals surface area (Å²) in [7, 11) is 0.